The highest BCUT2D eigenvalue weighted by Crippen LogP contribution is 2.27. The summed E-state index contributed by atoms with van der Waals surface area (Å²) >= 11 is 1.47. The molecule has 0 spiro atoms. The molecular weight excluding hydrogens is 396 g/mol. The summed E-state index contributed by atoms with van der Waals surface area (Å²) in [6.45, 7) is 3.68. The predicted octanol–water partition coefficient (Wildman–Crippen LogP) is 3.82. The van der Waals surface area contributed by atoms with E-state index in [1.165, 1.54) is 11.9 Å². The van der Waals surface area contributed by atoms with Crippen molar-refractivity contribution in [2.75, 3.05) is 37.2 Å². The molecule has 3 N–H and O–H groups in total. The van der Waals surface area contributed by atoms with Crippen LogP contribution in [0.5, 0.6) is 0 Å². The zero-order valence-corrected chi connectivity index (χ0v) is 18.0. The first-order valence-electron chi connectivity index (χ1n) is 9.66. The molecule has 4 rings (SSSR count). The van der Waals surface area contributed by atoms with Crippen molar-refractivity contribution >= 4 is 34.5 Å². The second-order valence-electron chi connectivity index (χ2n) is 7.12. The highest BCUT2D eigenvalue weighted by molar-refractivity contribution is 8.00. The molecule has 0 aliphatic heterocycles. The fourth-order valence-electron chi connectivity index (χ4n) is 2.93. The second kappa shape index (κ2) is 9.10. The number of aromatic amines is 1. The van der Waals surface area contributed by atoms with Crippen LogP contribution >= 0.6 is 11.9 Å². The number of likely N-dealkylation sites (N-methyl/N-ethyl adjacent to an activating group) is 1. The molecule has 9 heteroatoms. The molecule has 4 aromatic rings. The van der Waals surface area contributed by atoms with Gasteiger partial charge in [0.2, 0.25) is 0 Å². The van der Waals surface area contributed by atoms with Crippen LogP contribution in [-0.4, -0.2) is 57.2 Å². The van der Waals surface area contributed by atoms with Crippen molar-refractivity contribution in [3.8, 4) is 11.4 Å². The number of aromatic nitrogens is 5. The van der Waals surface area contributed by atoms with E-state index in [9.17, 15) is 0 Å². The van der Waals surface area contributed by atoms with Crippen LogP contribution < -0.4 is 10.0 Å². The lowest BCUT2D eigenvalue weighted by Crippen LogP contribution is -2.21. The van der Waals surface area contributed by atoms with Crippen LogP contribution in [0.4, 0.5) is 11.5 Å². The summed E-state index contributed by atoms with van der Waals surface area (Å²) in [5.41, 5.74) is 3.53. The number of hydrogen-bond acceptors (Lipinski definition) is 8. The van der Waals surface area contributed by atoms with E-state index in [0.717, 1.165) is 46.3 Å². The third-order valence-electron chi connectivity index (χ3n) is 4.50. The number of H-pyrrole nitrogens is 1. The molecule has 0 aliphatic rings. The van der Waals surface area contributed by atoms with Crippen LogP contribution in [0.25, 0.3) is 22.4 Å². The van der Waals surface area contributed by atoms with E-state index >= 15 is 0 Å². The van der Waals surface area contributed by atoms with Crippen LogP contribution in [0.1, 0.15) is 5.69 Å². The van der Waals surface area contributed by atoms with E-state index in [4.69, 9.17) is 4.98 Å². The monoisotopic (exact) mass is 420 g/mol. The minimum Gasteiger partial charge on any atom is -0.368 e. The van der Waals surface area contributed by atoms with E-state index in [-0.39, 0.29) is 0 Å². The average molecular weight is 421 g/mol. The topological polar surface area (TPSA) is 94.7 Å². The molecule has 0 bridgehead atoms. The smallest absolute Gasteiger partial charge is 0.186 e. The van der Waals surface area contributed by atoms with Crippen LogP contribution in [0.2, 0.25) is 0 Å². The maximum atomic E-state index is 4.79. The summed E-state index contributed by atoms with van der Waals surface area (Å²) in [5.74, 6) is 1.45. The number of nitrogens with one attached hydrogen (secondary N) is 3. The molecule has 0 radical (unpaired) electrons. The average Bonchev–Trinajstić information content (AvgIpc) is 3.14. The molecule has 3 heterocycles. The summed E-state index contributed by atoms with van der Waals surface area (Å²) < 4.78 is 3.30. The van der Waals surface area contributed by atoms with E-state index in [1.807, 2.05) is 63.5 Å². The molecule has 30 heavy (non-hydrogen) atoms. The maximum absolute atomic E-state index is 4.79. The molecule has 8 nitrogen and oxygen atoms in total. The summed E-state index contributed by atoms with van der Waals surface area (Å²) in [4.78, 5) is 15.9. The molecule has 0 saturated heterocycles. The van der Waals surface area contributed by atoms with Crippen LogP contribution in [0, 0.1) is 6.92 Å². The molecule has 0 saturated carbocycles. The van der Waals surface area contributed by atoms with Gasteiger partial charge in [-0.05, 0) is 57.4 Å². The minimum atomic E-state index is 0.644. The molecule has 0 unspecified atom stereocenters. The van der Waals surface area contributed by atoms with Gasteiger partial charge < -0.3 is 14.9 Å². The number of nitrogens with zero attached hydrogens (tertiary/aromatic N) is 5. The quantitative estimate of drug-likeness (QED) is 0.370. The fourth-order valence-corrected chi connectivity index (χ4v) is 3.55. The van der Waals surface area contributed by atoms with Gasteiger partial charge in [0.05, 0.1) is 5.39 Å². The Bertz CT molecular complexity index is 1110. The van der Waals surface area contributed by atoms with Gasteiger partial charge in [-0.15, -0.1) is 0 Å². The molecule has 0 amide bonds. The maximum Gasteiger partial charge on any atom is 0.186 e. The van der Waals surface area contributed by atoms with Crippen molar-refractivity contribution in [1.82, 2.24) is 30.0 Å². The van der Waals surface area contributed by atoms with Crippen molar-refractivity contribution in [3.63, 3.8) is 0 Å². The third kappa shape index (κ3) is 4.69. The molecule has 0 aliphatic carbocycles. The lowest BCUT2D eigenvalue weighted by molar-refractivity contribution is 0.425. The highest BCUT2D eigenvalue weighted by atomic mass is 32.2. The van der Waals surface area contributed by atoms with E-state index in [2.05, 4.69) is 35.1 Å². The van der Waals surface area contributed by atoms with Gasteiger partial charge in [0.1, 0.15) is 10.8 Å². The first-order chi connectivity index (χ1) is 14.6. The first kappa shape index (κ1) is 20.1. The number of aryl methyl sites for hydroxylation is 1. The Morgan fingerprint density at radius 3 is 2.63 bits per heavy atom. The number of rotatable bonds is 8. The minimum absolute atomic E-state index is 0.644. The van der Waals surface area contributed by atoms with Crippen molar-refractivity contribution in [2.45, 2.75) is 11.9 Å². The van der Waals surface area contributed by atoms with Gasteiger partial charge in [-0.3, -0.25) is 5.10 Å². The summed E-state index contributed by atoms with van der Waals surface area (Å²) in [7, 11) is 4.10. The number of fused-ring (bicyclic) bond motifs is 1. The molecular formula is C21H24N8S. The summed E-state index contributed by atoms with van der Waals surface area (Å²) in [5, 5.41) is 12.6. The van der Waals surface area contributed by atoms with Crippen LogP contribution in [0.15, 0.2) is 53.7 Å². The Morgan fingerprint density at radius 2 is 1.90 bits per heavy atom. The first-order valence-corrected chi connectivity index (χ1v) is 10.5. The lowest BCUT2D eigenvalue weighted by Gasteiger charge is -2.12. The molecule has 0 fully saturated rings. The van der Waals surface area contributed by atoms with Crippen molar-refractivity contribution in [2.24, 2.45) is 0 Å². The highest BCUT2D eigenvalue weighted by Gasteiger charge is 2.14. The zero-order chi connectivity index (χ0) is 20.9. The molecule has 3 aromatic heterocycles. The standard InChI is InChI=1S/C21H24N8S/c1-14-18-20(23-12-13-29(2)3)24-19(25-21(18)27-26-14)15-7-9-16(10-8-15)28-30-17-6-4-5-11-22-17/h4-11,28H,12-13H2,1-3H3,(H2,23,24,25,26,27). The Morgan fingerprint density at radius 1 is 1.07 bits per heavy atom. The second-order valence-corrected chi connectivity index (χ2v) is 7.95. The van der Waals surface area contributed by atoms with Gasteiger partial charge in [0, 0.05) is 48.2 Å². The number of pyridine rings is 1. The van der Waals surface area contributed by atoms with Gasteiger partial charge >= 0.3 is 0 Å². The number of anilines is 2. The Labute approximate surface area is 179 Å². The summed E-state index contributed by atoms with van der Waals surface area (Å²) in [6.07, 6.45) is 1.78. The van der Waals surface area contributed by atoms with E-state index in [1.54, 1.807) is 6.20 Å². The van der Waals surface area contributed by atoms with E-state index in [0.29, 0.717) is 11.5 Å². The third-order valence-corrected chi connectivity index (χ3v) is 5.29. The van der Waals surface area contributed by atoms with Crippen molar-refractivity contribution in [3.05, 3.63) is 54.4 Å². The van der Waals surface area contributed by atoms with Crippen molar-refractivity contribution in [1.29, 1.82) is 0 Å². The van der Waals surface area contributed by atoms with Gasteiger partial charge in [-0.1, -0.05) is 6.07 Å². The fraction of sp³-hybridized carbons (Fsp3) is 0.238. The predicted molar refractivity (Wildman–Crippen MR) is 123 cm³/mol. The van der Waals surface area contributed by atoms with Gasteiger partial charge in [0.15, 0.2) is 11.5 Å². The Balaban J connectivity index is 1.54. The van der Waals surface area contributed by atoms with Gasteiger partial charge in [0.25, 0.3) is 0 Å². The lowest BCUT2D eigenvalue weighted by atomic mass is 10.2. The van der Waals surface area contributed by atoms with Gasteiger partial charge in [-0.25, -0.2) is 15.0 Å². The van der Waals surface area contributed by atoms with Crippen LogP contribution in [-0.2, 0) is 0 Å². The molecule has 0 atom stereocenters. The number of benzene rings is 1. The number of hydrogen-bond donors (Lipinski definition) is 3. The summed E-state index contributed by atoms with van der Waals surface area (Å²) in [6, 6.07) is 13.9. The SMILES string of the molecule is Cc1[nH]nc2nc(-c3ccc(NSc4ccccn4)cc3)nc(NCCN(C)C)c12. The molecule has 154 valence electrons. The van der Waals surface area contributed by atoms with Crippen molar-refractivity contribution < 1.29 is 0 Å². The van der Waals surface area contributed by atoms with Gasteiger partial charge in [-0.2, -0.15) is 5.10 Å². The Kier molecular flexibility index (Phi) is 6.10. The van der Waals surface area contributed by atoms with E-state index < -0.39 is 0 Å². The Hall–Kier alpha value is -3.17. The normalized spacial score (nSPS) is 11.2. The molecule has 1 aromatic carbocycles. The zero-order valence-electron chi connectivity index (χ0n) is 17.2. The largest absolute Gasteiger partial charge is 0.368 e. The van der Waals surface area contributed by atoms with Crippen LogP contribution in [0.3, 0.4) is 0 Å².